The van der Waals surface area contributed by atoms with Gasteiger partial charge in [0.15, 0.2) is 5.58 Å². The molecule has 2 nitrogen and oxygen atoms in total. The summed E-state index contributed by atoms with van der Waals surface area (Å²) < 4.78 is 5.84. The molecule has 0 aliphatic heterocycles. The van der Waals surface area contributed by atoms with Crippen LogP contribution in [0, 0.1) is 0 Å². The van der Waals surface area contributed by atoms with Crippen LogP contribution in [-0.4, -0.2) is 4.98 Å². The Kier molecular flexibility index (Phi) is 2.27. The third-order valence-electron chi connectivity index (χ3n) is 3.62. The zero-order valence-electron chi connectivity index (χ0n) is 10.5. The quantitative estimate of drug-likeness (QED) is 0.640. The van der Waals surface area contributed by atoms with E-state index < -0.39 is 0 Å². The normalized spacial score (nSPS) is 14.2. The van der Waals surface area contributed by atoms with Gasteiger partial charge >= 0.3 is 0 Å². The number of oxazole rings is 1. The first-order chi connectivity index (χ1) is 9.40. The molecule has 3 aromatic rings. The van der Waals surface area contributed by atoms with Crippen LogP contribution in [0.4, 0.5) is 0 Å². The SMILES string of the molecule is C1=C(c2nc3ccccc3o2)CCc2ccccc21. The fraction of sp³-hybridized carbons (Fsp3) is 0.118. The number of benzene rings is 2. The van der Waals surface area contributed by atoms with Crippen molar-refractivity contribution in [2.75, 3.05) is 0 Å². The minimum atomic E-state index is 0.760. The van der Waals surface area contributed by atoms with E-state index in [1.807, 2.05) is 24.3 Å². The minimum Gasteiger partial charge on any atom is -0.436 e. The summed E-state index contributed by atoms with van der Waals surface area (Å²) in [5.74, 6) is 0.760. The molecule has 0 saturated heterocycles. The topological polar surface area (TPSA) is 26.0 Å². The molecule has 1 aromatic heterocycles. The number of aromatic nitrogens is 1. The van der Waals surface area contributed by atoms with E-state index in [0.717, 1.165) is 29.8 Å². The molecule has 0 radical (unpaired) electrons. The minimum absolute atomic E-state index is 0.760. The van der Waals surface area contributed by atoms with Gasteiger partial charge < -0.3 is 4.42 Å². The smallest absolute Gasteiger partial charge is 0.223 e. The molecule has 1 heterocycles. The third-order valence-corrected chi connectivity index (χ3v) is 3.62. The van der Waals surface area contributed by atoms with Crippen molar-refractivity contribution in [1.29, 1.82) is 0 Å². The molecule has 2 aromatic carbocycles. The largest absolute Gasteiger partial charge is 0.436 e. The van der Waals surface area contributed by atoms with Crippen molar-refractivity contribution in [3.05, 3.63) is 65.5 Å². The van der Waals surface area contributed by atoms with Crippen LogP contribution in [0.15, 0.2) is 52.9 Å². The lowest BCUT2D eigenvalue weighted by Crippen LogP contribution is -1.98. The van der Waals surface area contributed by atoms with E-state index in [0.29, 0.717) is 0 Å². The van der Waals surface area contributed by atoms with Crippen molar-refractivity contribution in [3.8, 4) is 0 Å². The van der Waals surface area contributed by atoms with Gasteiger partial charge in [0.2, 0.25) is 5.89 Å². The lowest BCUT2D eigenvalue weighted by atomic mass is 9.92. The lowest BCUT2D eigenvalue weighted by Gasteiger charge is -2.13. The van der Waals surface area contributed by atoms with Crippen molar-refractivity contribution < 1.29 is 4.42 Å². The maximum atomic E-state index is 5.84. The van der Waals surface area contributed by atoms with E-state index in [9.17, 15) is 0 Å². The molecule has 0 bridgehead atoms. The average molecular weight is 247 g/mol. The van der Waals surface area contributed by atoms with Crippen LogP contribution in [-0.2, 0) is 6.42 Å². The standard InChI is InChI=1S/C17H13NO/c1-2-6-13-11-14(10-9-12(13)5-1)17-18-15-7-3-4-8-16(15)19-17/h1-8,11H,9-10H2. The van der Waals surface area contributed by atoms with Crippen LogP contribution in [0.3, 0.4) is 0 Å². The predicted octanol–water partition coefficient (Wildman–Crippen LogP) is 4.31. The summed E-state index contributed by atoms with van der Waals surface area (Å²) >= 11 is 0. The highest BCUT2D eigenvalue weighted by molar-refractivity contribution is 5.84. The molecule has 2 heteroatoms. The second-order valence-electron chi connectivity index (χ2n) is 4.86. The molecule has 19 heavy (non-hydrogen) atoms. The van der Waals surface area contributed by atoms with E-state index >= 15 is 0 Å². The first-order valence-electron chi connectivity index (χ1n) is 6.54. The average Bonchev–Trinajstić information content (AvgIpc) is 2.90. The zero-order valence-corrected chi connectivity index (χ0v) is 10.5. The summed E-state index contributed by atoms with van der Waals surface area (Å²) in [6.45, 7) is 0. The molecule has 4 rings (SSSR count). The Labute approximate surface area is 111 Å². The summed E-state index contributed by atoms with van der Waals surface area (Å²) in [4.78, 5) is 4.57. The van der Waals surface area contributed by atoms with Gasteiger partial charge in [0, 0.05) is 5.57 Å². The van der Waals surface area contributed by atoms with Gasteiger partial charge in [-0.25, -0.2) is 4.98 Å². The molecule has 1 aliphatic carbocycles. The van der Waals surface area contributed by atoms with Crippen molar-refractivity contribution in [3.63, 3.8) is 0 Å². The van der Waals surface area contributed by atoms with Crippen LogP contribution in [0.25, 0.3) is 22.7 Å². The van der Waals surface area contributed by atoms with Gasteiger partial charge in [0.25, 0.3) is 0 Å². The molecular weight excluding hydrogens is 234 g/mol. The van der Waals surface area contributed by atoms with E-state index in [2.05, 4.69) is 35.3 Å². The maximum absolute atomic E-state index is 5.84. The number of hydrogen-bond donors (Lipinski definition) is 0. The molecular formula is C17H13NO. The Morgan fingerprint density at radius 1 is 0.895 bits per heavy atom. The maximum Gasteiger partial charge on any atom is 0.223 e. The number of aryl methyl sites for hydroxylation is 1. The third kappa shape index (κ3) is 1.76. The monoisotopic (exact) mass is 247 g/mol. The van der Waals surface area contributed by atoms with Gasteiger partial charge in [-0.05, 0) is 42.2 Å². The summed E-state index contributed by atoms with van der Waals surface area (Å²) in [6.07, 6.45) is 4.24. The number of nitrogens with zero attached hydrogens (tertiary/aromatic N) is 1. The summed E-state index contributed by atoms with van der Waals surface area (Å²) in [7, 11) is 0. The molecule has 1 aliphatic rings. The van der Waals surface area contributed by atoms with Crippen LogP contribution < -0.4 is 0 Å². The lowest BCUT2D eigenvalue weighted by molar-refractivity contribution is 0.580. The molecule has 0 atom stereocenters. The van der Waals surface area contributed by atoms with Gasteiger partial charge in [-0.1, -0.05) is 36.4 Å². The van der Waals surface area contributed by atoms with Crippen LogP contribution in [0.5, 0.6) is 0 Å². The van der Waals surface area contributed by atoms with Crippen molar-refractivity contribution in [2.24, 2.45) is 0 Å². The van der Waals surface area contributed by atoms with Crippen LogP contribution >= 0.6 is 0 Å². The van der Waals surface area contributed by atoms with Crippen molar-refractivity contribution >= 4 is 22.7 Å². The Morgan fingerprint density at radius 2 is 1.74 bits per heavy atom. The number of hydrogen-bond acceptors (Lipinski definition) is 2. The molecule has 0 N–H and O–H groups in total. The highest BCUT2D eigenvalue weighted by Gasteiger charge is 2.15. The fourth-order valence-electron chi connectivity index (χ4n) is 2.61. The first kappa shape index (κ1) is 10.6. The molecule has 0 spiro atoms. The molecule has 0 fully saturated rings. The number of rotatable bonds is 1. The number of para-hydroxylation sites is 2. The molecule has 92 valence electrons. The predicted molar refractivity (Wildman–Crippen MR) is 76.6 cm³/mol. The Bertz CT molecular complexity index is 750. The second-order valence-corrected chi connectivity index (χ2v) is 4.86. The van der Waals surface area contributed by atoms with E-state index in [-0.39, 0.29) is 0 Å². The summed E-state index contributed by atoms with van der Waals surface area (Å²) in [5.41, 5.74) is 5.66. The molecule has 0 amide bonds. The van der Waals surface area contributed by atoms with Gasteiger partial charge in [0.05, 0.1) is 0 Å². The number of fused-ring (bicyclic) bond motifs is 2. The van der Waals surface area contributed by atoms with Crippen molar-refractivity contribution in [2.45, 2.75) is 12.8 Å². The highest BCUT2D eigenvalue weighted by Crippen LogP contribution is 2.31. The van der Waals surface area contributed by atoms with Gasteiger partial charge in [-0.2, -0.15) is 0 Å². The second kappa shape index (κ2) is 4.09. The summed E-state index contributed by atoms with van der Waals surface area (Å²) in [5, 5.41) is 0. The van der Waals surface area contributed by atoms with Crippen LogP contribution in [0.2, 0.25) is 0 Å². The Balaban J connectivity index is 1.83. The van der Waals surface area contributed by atoms with E-state index in [1.54, 1.807) is 0 Å². The molecule has 0 saturated carbocycles. The highest BCUT2D eigenvalue weighted by atomic mass is 16.3. The zero-order chi connectivity index (χ0) is 12.7. The Hall–Kier alpha value is -2.35. The molecule has 0 unspecified atom stereocenters. The van der Waals surface area contributed by atoms with Gasteiger partial charge in [-0.3, -0.25) is 0 Å². The van der Waals surface area contributed by atoms with Crippen LogP contribution in [0.1, 0.15) is 23.4 Å². The Morgan fingerprint density at radius 3 is 2.68 bits per heavy atom. The van der Waals surface area contributed by atoms with Gasteiger partial charge in [0.1, 0.15) is 5.52 Å². The fourth-order valence-corrected chi connectivity index (χ4v) is 2.61. The first-order valence-corrected chi connectivity index (χ1v) is 6.54. The summed E-state index contributed by atoms with van der Waals surface area (Å²) in [6, 6.07) is 16.4. The van der Waals surface area contributed by atoms with Crippen molar-refractivity contribution in [1.82, 2.24) is 4.98 Å². The van der Waals surface area contributed by atoms with E-state index in [4.69, 9.17) is 4.42 Å². The van der Waals surface area contributed by atoms with E-state index in [1.165, 1.54) is 16.7 Å². The van der Waals surface area contributed by atoms with Gasteiger partial charge in [-0.15, -0.1) is 0 Å². The number of allylic oxidation sites excluding steroid dienone is 1.